The number of hydrogen-bond acceptors (Lipinski definition) is 3. The second-order valence-electron chi connectivity index (χ2n) is 6.48. The molecular formula is C18H26N2O2. The van der Waals surface area contributed by atoms with Gasteiger partial charge in [-0.25, -0.2) is 4.79 Å². The monoisotopic (exact) mass is 302 g/mol. The fourth-order valence-electron chi connectivity index (χ4n) is 1.74. The van der Waals surface area contributed by atoms with Gasteiger partial charge in [-0.1, -0.05) is 31.8 Å². The van der Waals surface area contributed by atoms with Crippen LogP contribution in [0.3, 0.4) is 0 Å². The fourth-order valence-corrected chi connectivity index (χ4v) is 1.74. The standard InChI is InChI=1S/C18H26N2O2/c1-13(2)14-9-10-16(19)15(12-14)8-6-7-11-20-17(21)22-18(3,4)5/h9-10,12-13H,7,11,19H2,1-5H3,(H,20,21). The van der Waals surface area contributed by atoms with E-state index < -0.39 is 11.7 Å². The minimum atomic E-state index is -0.485. The van der Waals surface area contributed by atoms with Crippen molar-refractivity contribution >= 4 is 11.8 Å². The Kier molecular flexibility index (Phi) is 6.30. The Morgan fingerprint density at radius 3 is 2.64 bits per heavy atom. The number of nitrogens with two attached hydrogens (primary N) is 1. The number of carbonyl (C=O) groups excluding carboxylic acids is 1. The molecule has 3 N–H and O–H groups in total. The summed E-state index contributed by atoms with van der Waals surface area (Å²) in [6.07, 6.45) is 0.125. The summed E-state index contributed by atoms with van der Waals surface area (Å²) in [7, 11) is 0. The zero-order valence-electron chi connectivity index (χ0n) is 14.1. The molecule has 0 bridgehead atoms. The van der Waals surface area contributed by atoms with E-state index in [1.54, 1.807) is 0 Å². The van der Waals surface area contributed by atoms with E-state index in [0.717, 1.165) is 5.56 Å². The number of amides is 1. The lowest BCUT2D eigenvalue weighted by molar-refractivity contribution is 0.0529. The number of anilines is 1. The first kappa shape index (κ1) is 17.9. The Bertz CT molecular complexity index is 575. The fraction of sp³-hybridized carbons (Fsp3) is 0.500. The highest BCUT2D eigenvalue weighted by atomic mass is 16.6. The van der Waals surface area contributed by atoms with E-state index in [0.29, 0.717) is 24.6 Å². The Morgan fingerprint density at radius 2 is 2.05 bits per heavy atom. The first-order valence-electron chi connectivity index (χ1n) is 7.54. The summed E-state index contributed by atoms with van der Waals surface area (Å²) in [6.45, 7) is 10.2. The van der Waals surface area contributed by atoms with E-state index in [2.05, 4.69) is 31.0 Å². The minimum absolute atomic E-state index is 0.421. The quantitative estimate of drug-likeness (QED) is 0.509. The van der Waals surface area contributed by atoms with Crippen molar-refractivity contribution in [1.82, 2.24) is 5.32 Å². The lowest BCUT2D eigenvalue weighted by atomic mass is 10.00. The van der Waals surface area contributed by atoms with Crippen LogP contribution >= 0.6 is 0 Å². The average Bonchev–Trinajstić information content (AvgIpc) is 2.37. The predicted octanol–water partition coefficient (Wildman–Crippen LogP) is 3.66. The summed E-state index contributed by atoms with van der Waals surface area (Å²) in [4.78, 5) is 11.5. The third kappa shape index (κ3) is 6.53. The van der Waals surface area contributed by atoms with Crippen molar-refractivity contribution in [1.29, 1.82) is 0 Å². The number of carbonyl (C=O) groups is 1. The molecule has 0 radical (unpaired) electrons. The number of rotatable bonds is 3. The topological polar surface area (TPSA) is 64.3 Å². The lowest BCUT2D eigenvalue weighted by Crippen LogP contribution is -2.32. The highest BCUT2D eigenvalue weighted by molar-refractivity contribution is 5.67. The molecule has 0 spiro atoms. The maximum absolute atomic E-state index is 11.5. The van der Waals surface area contributed by atoms with Crippen LogP contribution in [0.25, 0.3) is 0 Å². The molecule has 0 saturated carbocycles. The van der Waals surface area contributed by atoms with Crippen molar-refractivity contribution in [2.45, 2.75) is 52.6 Å². The first-order chi connectivity index (χ1) is 10.2. The van der Waals surface area contributed by atoms with Crippen LogP contribution < -0.4 is 11.1 Å². The van der Waals surface area contributed by atoms with E-state index >= 15 is 0 Å². The molecule has 0 unspecified atom stereocenters. The van der Waals surface area contributed by atoms with Gasteiger partial charge < -0.3 is 15.8 Å². The van der Waals surface area contributed by atoms with E-state index in [1.165, 1.54) is 5.56 Å². The predicted molar refractivity (Wildman–Crippen MR) is 90.7 cm³/mol. The summed E-state index contributed by atoms with van der Waals surface area (Å²) in [6, 6.07) is 5.93. The summed E-state index contributed by atoms with van der Waals surface area (Å²) in [5.74, 6) is 6.53. The van der Waals surface area contributed by atoms with Crippen LogP contribution in [0.5, 0.6) is 0 Å². The van der Waals surface area contributed by atoms with Gasteiger partial charge in [0.2, 0.25) is 0 Å². The van der Waals surface area contributed by atoms with Crippen LogP contribution in [0.2, 0.25) is 0 Å². The van der Waals surface area contributed by atoms with Crippen LogP contribution in [0, 0.1) is 11.8 Å². The van der Waals surface area contributed by atoms with E-state index in [9.17, 15) is 4.79 Å². The molecule has 1 amide bonds. The summed E-state index contributed by atoms with van der Waals surface area (Å²) < 4.78 is 5.15. The number of nitrogen functional groups attached to an aromatic ring is 1. The van der Waals surface area contributed by atoms with Gasteiger partial charge in [0.25, 0.3) is 0 Å². The Morgan fingerprint density at radius 1 is 1.36 bits per heavy atom. The van der Waals surface area contributed by atoms with E-state index in [-0.39, 0.29) is 0 Å². The maximum Gasteiger partial charge on any atom is 0.407 e. The van der Waals surface area contributed by atoms with Gasteiger partial charge in [0.1, 0.15) is 5.60 Å². The van der Waals surface area contributed by atoms with Gasteiger partial charge in [0.15, 0.2) is 0 Å². The number of benzene rings is 1. The van der Waals surface area contributed by atoms with Gasteiger partial charge in [0, 0.05) is 24.2 Å². The zero-order valence-corrected chi connectivity index (χ0v) is 14.1. The number of ether oxygens (including phenoxy) is 1. The van der Waals surface area contributed by atoms with Crippen molar-refractivity contribution in [3.63, 3.8) is 0 Å². The summed E-state index contributed by atoms with van der Waals surface area (Å²) in [5.41, 5.74) is 8.17. The molecule has 0 aliphatic rings. The molecule has 0 atom stereocenters. The lowest BCUT2D eigenvalue weighted by Gasteiger charge is -2.19. The smallest absolute Gasteiger partial charge is 0.407 e. The SMILES string of the molecule is CC(C)c1ccc(N)c(C#CCCNC(=O)OC(C)(C)C)c1. The molecule has 4 nitrogen and oxygen atoms in total. The van der Waals surface area contributed by atoms with Gasteiger partial charge >= 0.3 is 6.09 Å². The van der Waals surface area contributed by atoms with Gasteiger partial charge in [0.05, 0.1) is 0 Å². The Balaban J connectivity index is 2.51. The molecule has 0 heterocycles. The third-order valence-corrected chi connectivity index (χ3v) is 2.89. The van der Waals surface area contributed by atoms with E-state index in [1.807, 2.05) is 39.0 Å². The molecule has 0 aliphatic heterocycles. The maximum atomic E-state index is 11.5. The Hall–Kier alpha value is -2.15. The summed E-state index contributed by atoms with van der Waals surface area (Å²) in [5, 5.41) is 2.67. The third-order valence-electron chi connectivity index (χ3n) is 2.89. The molecule has 0 aromatic heterocycles. The largest absolute Gasteiger partial charge is 0.444 e. The number of alkyl carbamates (subject to hydrolysis) is 1. The van der Waals surface area contributed by atoms with Crippen molar-refractivity contribution in [2.75, 3.05) is 12.3 Å². The molecule has 4 heteroatoms. The van der Waals surface area contributed by atoms with Crippen LogP contribution in [0.15, 0.2) is 18.2 Å². The van der Waals surface area contributed by atoms with Crippen molar-refractivity contribution < 1.29 is 9.53 Å². The molecule has 0 saturated heterocycles. The molecular weight excluding hydrogens is 276 g/mol. The molecule has 1 rings (SSSR count). The van der Waals surface area contributed by atoms with Crippen LogP contribution in [-0.2, 0) is 4.74 Å². The van der Waals surface area contributed by atoms with Gasteiger partial charge in [-0.05, 0) is 44.4 Å². The van der Waals surface area contributed by atoms with Crippen LogP contribution in [0.4, 0.5) is 10.5 Å². The number of nitrogens with one attached hydrogen (secondary N) is 1. The second kappa shape index (κ2) is 7.74. The Labute approximate surface area is 133 Å². The van der Waals surface area contributed by atoms with Crippen molar-refractivity contribution in [3.8, 4) is 11.8 Å². The molecule has 1 aromatic carbocycles. The molecule has 0 aliphatic carbocycles. The van der Waals surface area contributed by atoms with Gasteiger partial charge in [-0.2, -0.15) is 0 Å². The number of hydrogen-bond donors (Lipinski definition) is 2. The van der Waals surface area contributed by atoms with Gasteiger partial charge in [-0.15, -0.1) is 0 Å². The van der Waals surface area contributed by atoms with E-state index in [4.69, 9.17) is 10.5 Å². The van der Waals surface area contributed by atoms with Gasteiger partial charge in [-0.3, -0.25) is 0 Å². The average molecular weight is 302 g/mol. The van der Waals surface area contributed by atoms with Crippen LogP contribution in [0.1, 0.15) is 58.1 Å². The molecule has 0 fully saturated rings. The molecule has 1 aromatic rings. The molecule has 22 heavy (non-hydrogen) atoms. The van der Waals surface area contributed by atoms with Crippen molar-refractivity contribution in [2.24, 2.45) is 0 Å². The summed E-state index contributed by atoms with van der Waals surface area (Å²) >= 11 is 0. The highest BCUT2D eigenvalue weighted by Crippen LogP contribution is 2.19. The van der Waals surface area contributed by atoms with Crippen molar-refractivity contribution in [3.05, 3.63) is 29.3 Å². The first-order valence-corrected chi connectivity index (χ1v) is 7.54. The minimum Gasteiger partial charge on any atom is -0.444 e. The molecule has 120 valence electrons. The van der Waals surface area contributed by atoms with Crippen LogP contribution in [-0.4, -0.2) is 18.2 Å². The second-order valence-corrected chi connectivity index (χ2v) is 6.48. The highest BCUT2D eigenvalue weighted by Gasteiger charge is 2.15. The normalized spacial score (nSPS) is 10.8. The zero-order chi connectivity index (χ0) is 16.8.